The molecule has 1 saturated heterocycles. The zero-order valence-electron chi connectivity index (χ0n) is 17.0. The fourth-order valence-electron chi connectivity index (χ4n) is 3.27. The van der Waals surface area contributed by atoms with E-state index in [2.05, 4.69) is 10.6 Å². The Hall–Kier alpha value is -2.14. The molecule has 4 N–H and O–H groups in total. The zero-order valence-corrected chi connectivity index (χ0v) is 17.0. The Kier molecular flexibility index (Phi) is 10.9. The molecule has 0 aliphatic carbocycles. The summed E-state index contributed by atoms with van der Waals surface area (Å²) in [5.74, 6) is -3.53. The van der Waals surface area contributed by atoms with Crippen LogP contribution in [0.4, 0.5) is 13.2 Å². The highest BCUT2D eigenvalue weighted by atomic mass is 19.4. The predicted octanol–water partition coefficient (Wildman–Crippen LogP) is 1.80. The molecule has 0 aromatic carbocycles. The third kappa shape index (κ3) is 8.82. The van der Waals surface area contributed by atoms with E-state index in [1.807, 2.05) is 32.9 Å². The Labute approximate surface area is 167 Å². The van der Waals surface area contributed by atoms with E-state index in [9.17, 15) is 27.9 Å². The first-order valence-electron chi connectivity index (χ1n) is 8.97. The molecule has 168 valence electrons. The van der Waals surface area contributed by atoms with Crippen molar-refractivity contribution < 1.29 is 42.5 Å². The second-order valence-electron chi connectivity index (χ2n) is 6.98. The first-order chi connectivity index (χ1) is 13.3. The lowest BCUT2D eigenvalue weighted by atomic mass is 9.86. The molecule has 1 fully saturated rings. The quantitative estimate of drug-likeness (QED) is 0.458. The van der Waals surface area contributed by atoms with Crippen LogP contribution >= 0.6 is 0 Å². The smallest absolute Gasteiger partial charge is 0.480 e. The van der Waals surface area contributed by atoms with Gasteiger partial charge in [-0.05, 0) is 25.2 Å². The third-order valence-corrected chi connectivity index (χ3v) is 4.38. The van der Waals surface area contributed by atoms with Crippen LogP contribution in [0.5, 0.6) is 0 Å². The number of carbonyl (C=O) groups is 3. The van der Waals surface area contributed by atoms with Crippen LogP contribution in [0.25, 0.3) is 0 Å². The second kappa shape index (κ2) is 11.8. The molecule has 1 rings (SSSR count). The van der Waals surface area contributed by atoms with Crippen molar-refractivity contribution in [3.05, 3.63) is 12.2 Å². The average Bonchev–Trinajstić information content (AvgIpc) is 2.98. The molecule has 1 aliphatic rings. The SMILES string of the molecule is C/C=C\[C@@H]1C[C@H](C(=O)O)N[C@H]1[C@@H](NC(C)=O)[C@@H](OC)C(C)C.O=C(O)C(F)(F)F. The number of halogens is 3. The second-order valence-corrected chi connectivity index (χ2v) is 6.98. The minimum Gasteiger partial charge on any atom is -0.480 e. The Bertz CT molecular complexity index is 595. The van der Waals surface area contributed by atoms with Gasteiger partial charge in [0.25, 0.3) is 0 Å². The van der Waals surface area contributed by atoms with Crippen molar-refractivity contribution >= 4 is 17.8 Å². The fourth-order valence-corrected chi connectivity index (χ4v) is 3.27. The van der Waals surface area contributed by atoms with Crippen LogP contribution in [0.2, 0.25) is 0 Å². The lowest BCUT2D eigenvalue weighted by molar-refractivity contribution is -0.192. The summed E-state index contributed by atoms with van der Waals surface area (Å²) in [4.78, 5) is 31.8. The van der Waals surface area contributed by atoms with E-state index in [-0.39, 0.29) is 35.9 Å². The van der Waals surface area contributed by atoms with Gasteiger partial charge in [0.15, 0.2) is 0 Å². The van der Waals surface area contributed by atoms with E-state index < -0.39 is 24.2 Å². The fraction of sp³-hybridized carbons (Fsp3) is 0.722. The summed E-state index contributed by atoms with van der Waals surface area (Å²) >= 11 is 0. The molecular formula is C18H29F3N2O6. The summed E-state index contributed by atoms with van der Waals surface area (Å²) in [6.07, 6.45) is -0.843. The van der Waals surface area contributed by atoms with Gasteiger partial charge in [-0.25, -0.2) is 4.79 Å². The van der Waals surface area contributed by atoms with Gasteiger partial charge >= 0.3 is 18.1 Å². The molecule has 11 heteroatoms. The number of ether oxygens (including phenoxy) is 1. The maximum atomic E-state index is 11.6. The molecule has 8 nitrogen and oxygen atoms in total. The number of alkyl halides is 3. The molecular weight excluding hydrogens is 397 g/mol. The number of carbonyl (C=O) groups excluding carboxylic acids is 1. The van der Waals surface area contributed by atoms with Gasteiger partial charge in [0.05, 0.1) is 12.1 Å². The van der Waals surface area contributed by atoms with E-state index in [1.165, 1.54) is 6.92 Å². The summed E-state index contributed by atoms with van der Waals surface area (Å²) in [6, 6.07) is -1.06. The van der Waals surface area contributed by atoms with E-state index >= 15 is 0 Å². The normalized spacial score (nSPS) is 24.0. The number of allylic oxidation sites excluding steroid dienone is 1. The Morgan fingerprint density at radius 1 is 1.24 bits per heavy atom. The van der Waals surface area contributed by atoms with E-state index in [4.69, 9.17) is 14.6 Å². The molecule has 29 heavy (non-hydrogen) atoms. The molecule has 0 bridgehead atoms. The lowest BCUT2D eigenvalue weighted by Crippen LogP contribution is -2.58. The van der Waals surface area contributed by atoms with Crippen molar-refractivity contribution in [1.82, 2.24) is 10.6 Å². The third-order valence-electron chi connectivity index (χ3n) is 4.38. The molecule has 1 heterocycles. The molecule has 1 aliphatic heterocycles. The minimum atomic E-state index is -5.08. The van der Waals surface area contributed by atoms with Crippen LogP contribution in [0.3, 0.4) is 0 Å². The molecule has 0 saturated carbocycles. The zero-order chi connectivity index (χ0) is 22.9. The van der Waals surface area contributed by atoms with Crippen molar-refractivity contribution in [3.8, 4) is 0 Å². The van der Waals surface area contributed by atoms with Gasteiger partial charge < -0.3 is 20.3 Å². The Balaban J connectivity index is 0.000000956. The maximum Gasteiger partial charge on any atom is 0.490 e. The number of carboxylic acid groups (broad SMARTS) is 2. The number of methoxy groups -OCH3 is 1. The number of amides is 1. The average molecular weight is 426 g/mol. The molecule has 0 aromatic heterocycles. The monoisotopic (exact) mass is 426 g/mol. The van der Waals surface area contributed by atoms with Crippen LogP contribution in [0, 0.1) is 11.8 Å². The molecule has 0 radical (unpaired) electrons. The van der Waals surface area contributed by atoms with Gasteiger partial charge in [-0.2, -0.15) is 13.2 Å². The minimum absolute atomic E-state index is 0.0411. The molecule has 0 spiro atoms. The number of hydrogen-bond donors (Lipinski definition) is 4. The van der Waals surface area contributed by atoms with E-state index in [1.54, 1.807) is 7.11 Å². The van der Waals surface area contributed by atoms with Crippen molar-refractivity contribution in [1.29, 1.82) is 0 Å². The number of rotatable bonds is 7. The van der Waals surface area contributed by atoms with Crippen LogP contribution in [-0.2, 0) is 19.1 Å². The Morgan fingerprint density at radius 3 is 2.07 bits per heavy atom. The first kappa shape index (κ1) is 26.9. The highest BCUT2D eigenvalue weighted by Gasteiger charge is 2.44. The highest BCUT2D eigenvalue weighted by Crippen LogP contribution is 2.28. The summed E-state index contributed by atoms with van der Waals surface area (Å²) in [6.45, 7) is 7.43. The van der Waals surface area contributed by atoms with Crippen molar-refractivity contribution in [2.24, 2.45) is 11.8 Å². The number of nitrogens with one attached hydrogen (secondary N) is 2. The molecule has 0 aromatic rings. The van der Waals surface area contributed by atoms with Gasteiger partial charge in [0, 0.05) is 20.1 Å². The topological polar surface area (TPSA) is 125 Å². The van der Waals surface area contributed by atoms with Crippen molar-refractivity contribution in [2.45, 2.75) is 64.5 Å². The van der Waals surface area contributed by atoms with E-state index in [0.29, 0.717) is 6.42 Å². The van der Waals surface area contributed by atoms with Crippen LogP contribution in [-0.4, -0.2) is 65.6 Å². The highest BCUT2D eigenvalue weighted by molar-refractivity contribution is 5.75. The molecule has 1 amide bonds. The first-order valence-corrected chi connectivity index (χ1v) is 8.97. The summed E-state index contributed by atoms with van der Waals surface area (Å²) in [7, 11) is 1.62. The van der Waals surface area contributed by atoms with Gasteiger partial charge in [0.2, 0.25) is 5.91 Å². The number of aliphatic carboxylic acids is 2. The number of carboxylic acids is 2. The summed E-state index contributed by atoms with van der Waals surface area (Å²) < 4.78 is 37.3. The standard InChI is InChI=1S/C16H28N2O4.C2HF3O2/c1-6-7-11-8-12(16(20)21)18-13(11)14(17-10(4)19)15(22-5)9(2)3;3-2(4,5)1(6)7/h6-7,9,11-15,18H,8H2,1-5H3,(H,17,19)(H,20,21);(H,6,7)/b7-6-;/t11-,12-,13-,14-,15+;/m1./s1. The van der Waals surface area contributed by atoms with Gasteiger partial charge in [-0.15, -0.1) is 0 Å². The van der Waals surface area contributed by atoms with Gasteiger partial charge in [-0.3, -0.25) is 14.9 Å². The van der Waals surface area contributed by atoms with Crippen LogP contribution < -0.4 is 10.6 Å². The van der Waals surface area contributed by atoms with Crippen LogP contribution in [0.1, 0.15) is 34.1 Å². The maximum absolute atomic E-state index is 11.6. The van der Waals surface area contributed by atoms with Gasteiger partial charge in [0.1, 0.15) is 6.04 Å². The predicted molar refractivity (Wildman–Crippen MR) is 98.2 cm³/mol. The van der Waals surface area contributed by atoms with Crippen molar-refractivity contribution in [3.63, 3.8) is 0 Å². The van der Waals surface area contributed by atoms with Crippen molar-refractivity contribution in [2.75, 3.05) is 7.11 Å². The molecule has 5 atom stereocenters. The summed E-state index contributed by atoms with van der Waals surface area (Å²) in [5.41, 5.74) is 0. The summed E-state index contributed by atoms with van der Waals surface area (Å²) in [5, 5.41) is 22.5. The largest absolute Gasteiger partial charge is 0.490 e. The number of hydrogen-bond acceptors (Lipinski definition) is 5. The van der Waals surface area contributed by atoms with E-state index in [0.717, 1.165) is 0 Å². The van der Waals surface area contributed by atoms with Crippen LogP contribution in [0.15, 0.2) is 12.2 Å². The lowest BCUT2D eigenvalue weighted by Gasteiger charge is -2.36. The van der Waals surface area contributed by atoms with Gasteiger partial charge in [-0.1, -0.05) is 26.0 Å². The molecule has 0 unspecified atom stereocenters. The Morgan fingerprint density at radius 2 is 1.76 bits per heavy atom.